The summed E-state index contributed by atoms with van der Waals surface area (Å²) in [5.74, 6) is -0.0250. The van der Waals surface area contributed by atoms with Crippen LogP contribution in [0, 0.1) is 5.82 Å². The molecule has 2 heterocycles. The molecule has 1 N–H and O–H groups in total. The monoisotopic (exact) mass is 455 g/mol. The summed E-state index contributed by atoms with van der Waals surface area (Å²) in [6.07, 6.45) is 0. The van der Waals surface area contributed by atoms with E-state index in [0.717, 1.165) is 17.3 Å². The van der Waals surface area contributed by atoms with Crippen molar-refractivity contribution < 1.29 is 13.9 Å². The van der Waals surface area contributed by atoms with Gasteiger partial charge in [0, 0.05) is 6.54 Å². The Kier molecular flexibility index (Phi) is 6.34. The average Bonchev–Trinajstić information content (AvgIpc) is 3.26. The number of benzene rings is 2. The maximum atomic E-state index is 14.4. The number of hydrogen-bond acceptors (Lipinski definition) is 6. The van der Waals surface area contributed by atoms with Crippen molar-refractivity contribution in [1.82, 2.24) is 14.9 Å². The molecule has 6 nitrogen and oxygen atoms in total. The summed E-state index contributed by atoms with van der Waals surface area (Å²) in [5.41, 5.74) is 1.18. The number of halogens is 1. The van der Waals surface area contributed by atoms with Crippen molar-refractivity contribution in [2.24, 2.45) is 0 Å². The summed E-state index contributed by atoms with van der Waals surface area (Å²) < 4.78 is 21.3. The lowest BCUT2D eigenvalue weighted by Crippen LogP contribution is -2.26. The van der Waals surface area contributed by atoms with E-state index in [1.807, 2.05) is 24.3 Å². The number of rotatable bonds is 7. The van der Waals surface area contributed by atoms with E-state index in [2.05, 4.69) is 10.3 Å². The molecule has 31 heavy (non-hydrogen) atoms. The van der Waals surface area contributed by atoms with E-state index in [1.165, 1.54) is 28.0 Å². The van der Waals surface area contributed by atoms with Gasteiger partial charge in [-0.1, -0.05) is 36.0 Å². The number of para-hydroxylation sites is 1. The Morgan fingerprint density at radius 1 is 1.23 bits per heavy atom. The van der Waals surface area contributed by atoms with Crippen LogP contribution in [0.1, 0.15) is 5.56 Å². The zero-order chi connectivity index (χ0) is 21.8. The van der Waals surface area contributed by atoms with Gasteiger partial charge in [0.15, 0.2) is 5.16 Å². The van der Waals surface area contributed by atoms with Crippen LogP contribution in [0.15, 0.2) is 69.9 Å². The topological polar surface area (TPSA) is 73.2 Å². The second kappa shape index (κ2) is 9.32. The minimum absolute atomic E-state index is 0.0283. The first-order chi connectivity index (χ1) is 15.1. The van der Waals surface area contributed by atoms with E-state index in [1.54, 1.807) is 30.7 Å². The van der Waals surface area contributed by atoms with E-state index >= 15 is 0 Å². The van der Waals surface area contributed by atoms with Crippen LogP contribution in [0.4, 0.5) is 4.39 Å². The fraction of sp³-hybridized carbons (Fsp3) is 0.136. The molecule has 0 aliphatic carbocycles. The zero-order valence-corrected chi connectivity index (χ0v) is 18.1. The lowest BCUT2D eigenvalue weighted by Gasteiger charge is -2.13. The highest BCUT2D eigenvalue weighted by Crippen LogP contribution is 2.24. The van der Waals surface area contributed by atoms with Gasteiger partial charge >= 0.3 is 0 Å². The summed E-state index contributed by atoms with van der Waals surface area (Å²) in [4.78, 5) is 29.9. The molecule has 0 spiro atoms. The van der Waals surface area contributed by atoms with Gasteiger partial charge < -0.3 is 10.1 Å². The van der Waals surface area contributed by atoms with Gasteiger partial charge in [-0.05, 0) is 41.3 Å². The predicted octanol–water partition coefficient (Wildman–Crippen LogP) is 4.00. The molecule has 0 aliphatic rings. The van der Waals surface area contributed by atoms with Gasteiger partial charge in [0.05, 0.1) is 24.1 Å². The van der Waals surface area contributed by atoms with Crippen molar-refractivity contribution in [2.75, 3.05) is 12.9 Å². The minimum Gasteiger partial charge on any atom is -0.497 e. The number of ether oxygens (including phenoxy) is 1. The number of hydrogen-bond donors (Lipinski definition) is 1. The van der Waals surface area contributed by atoms with Crippen molar-refractivity contribution >= 4 is 39.2 Å². The molecule has 158 valence electrons. The molecule has 0 fully saturated rings. The molecule has 0 bridgehead atoms. The third kappa shape index (κ3) is 4.62. The fourth-order valence-electron chi connectivity index (χ4n) is 3.00. The largest absolute Gasteiger partial charge is 0.497 e. The third-order valence-corrected chi connectivity index (χ3v) is 6.33. The Balaban J connectivity index is 1.55. The number of amides is 1. The van der Waals surface area contributed by atoms with Gasteiger partial charge in [0.25, 0.3) is 5.56 Å². The summed E-state index contributed by atoms with van der Waals surface area (Å²) in [6.45, 7) is 0.341. The molecule has 2 aromatic heterocycles. The van der Waals surface area contributed by atoms with Crippen LogP contribution in [0.5, 0.6) is 5.75 Å². The van der Waals surface area contributed by atoms with E-state index < -0.39 is 5.82 Å². The van der Waals surface area contributed by atoms with Crippen molar-refractivity contribution in [3.05, 3.63) is 81.7 Å². The van der Waals surface area contributed by atoms with Gasteiger partial charge in [0.2, 0.25) is 5.91 Å². The number of thioether (sulfide) groups is 1. The number of carbonyl (C=O) groups is 1. The van der Waals surface area contributed by atoms with Gasteiger partial charge in [0.1, 0.15) is 16.3 Å². The molecule has 4 rings (SSSR count). The average molecular weight is 456 g/mol. The summed E-state index contributed by atoms with van der Waals surface area (Å²) in [6, 6.07) is 15.2. The maximum absolute atomic E-state index is 14.4. The smallest absolute Gasteiger partial charge is 0.276 e. The highest BCUT2D eigenvalue weighted by molar-refractivity contribution is 7.99. The molecule has 1 amide bonds. The summed E-state index contributed by atoms with van der Waals surface area (Å²) >= 11 is 2.34. The predicted molar refractivity (Wildman–Crippen MR) is 121 cm³/mol. The van der Waals surface area contributed by atoms with Gasteiger partial charge in [-0.3, -0.25) is 14.2 Å². The van der Waals surface area contributed by atoms with Crippen molar-refractivity contribution in [1.29, 1.82) is 0 Å². The summed E-state index contributed by atoms with van der Waals surface area (Å²) in [5, 5.41) is 4.86. The first-order valence-electron chi connectivity index (χ1n) is 9.34. The Morgan fingerprint density at radius 2 is 2.06 bits per heavy atom. The molecule has 0 saturated carbocycles. The van der Waals surface area contributed by atoms with Gasteiger partial charge in [-0.25, -0.2) is 9.37 Å². The van der Waals surface area contributed by atoms with Gasteiger partial charge in [-0.15, -0.1) is 11.3 Å². The first kappa shape index (κ1) is 21.1. The Morgan fingerprint density at radius 3 is 2.87 bits per heavy atom. The SMILES string of the molecule is COc1cccc(CNC(=O)CSc2nc3ccsc3c(=O)n2-c2ccccc2F)c1. The number of fused-ring (bicyclic) bond motifs is 1. The lowest BCUT2D eigenvalue weighted by molar-refractivity contribution is -0.118. The molecule has 0 aliphatic heterocycles. The molecular formula is C22H18FN3O3S2. The van der Waals surface area contributed by atoms with E-state index in [4.69, 9.17) is 4.74 Å². The number of thiophene rings is 1. The quantitative estimate of drug-likeness (QED) is 0.337. The van der Waals surface area contributed by atoms with Crippen molar-refractivity contribution in [3.8, 4) is 11.4 Å². The molecule has 4 aromatic rings. The number of nitrogens with one attached hydrogen (secondary N) is 1. The van der Waals surface area contributed by atoms with Crippen LogP contribution in [-0.4, -0.2) is 28.3 Å². The zero-order valence-electron chi connectivity index (χ0n) is 16.5. The van der Waals surface area contributed by atoms with Crippen molar-refractivity contribution in [3.63, 3.8) is 0 Å². The number of methoxy groups -OCH3 is 1. The van der Waals surface area contributed by atoms with Gasteiger partial charge in [-0.2, -0.15) is 0 Å². The Hall–Kier alpha value is -3.17. The van der Waals surface area contributed by atoms with Crippen molar-refractivity contribution in [2.45, 2.75) is 11.7 Å². The molecule has 0 saturated heterocycles. The van der Waals surface area contributed by atoms with Crippen LogP contribution in [0.3, 0.4) is 0 Å². The van der Waals surface area contributed by atoms with Crippen LogP contribution in [0.2, 0.25) is 0 Å². The minimum atomic E-state index is -0.536. The van der Waals surface area contributed by atoms with Crippen LogP contribution >= 0.6 is 23.1 Å². The molecule has 9 heteroatoms. The second-order valence-corrected chi connectivity index (χ2v) is 8.40. The van der Waals surface area contributed by atoms with E-state index in [0.29, 0.717) is 22.5 Å². The fourth-order valence-corrected chi connectivity index (χ4v) is 4.59. The standard InChI is InChI=1S/C22H18FN3O3S2/c1-29-15-6-4-5-14(11-15)12-24-19(27)13-31-22-25-17-9-10-30-20(17)21(28)26(22)18-8-3-2-7-16(18)23/h2-11H,12-13H2,1H3,(H,24,27). The van der Waals surface area contributed by atoms with E-state index in [-0.39, 0.29) is 28.1 Å². The third-order valence-electron chi connectivity index (χ3n) is 4.50. The molecule has 0 radical (unpaired) electrons. The highest BCUT2D eigenvalue weighted by atomic mass is 32.2. The van der Waals surface area contributed by atoms with Crippen LogP contribution < -0.4 is 15.6 Å². The molecule has 0 atom stereocenters. The molecular weight excluding hydrogens is 437 g/mol. The first-order valence-corrected chi connectivity index (χ1v) is 11.2. The van der Waals surface area contributed by atoms with Crippen LogP contribution in [0.25, 0.3) is 15.9 Å². The summed E-state index contributed by atoms with van der Waals surface area (Å²) in [7, 11) is 1.58. The number of nitrogens with zero attached hydrogens (tertiary/aromatic N) is 2. The molecule has 0 unspecified atom stereocenters. The second-order valence-electron chi connectivity index (χ2n) is 6.54. The maximum Gasteiger partial charge on any atom is 0.276 e. The number of aromatic nitrogens is 2. The normalized spacial score (nSPS) is 10.9. The highest BCUT2D eigenvalue weighted by Gasteiger charge is 2.17. The number of carbonyl (C=O) groups excluding carboxylic acids is 1. The Labute approximate surface area is 185 Å². The van der Waals surface area contributed by atoms with Crippen LogP contribution in [-0.2, 0) is 11.3 Å². The molecule has 2 aromatic carbocycles. The lowest BCUT2D eigenvalue weighted by atomic mass is 10.2. The Bertz CT molecular complexity index is 1300. The van der Waals surface area contributed by atoms with E-state index in [9.17, 15) is 14.0 Å².